The van der Waals surface area contributed by atoms with Crippen molar-refractivity contribution in [2.75, 3.05) is 6.54 Å². The first-order chi connectivity index (χ1) is 18.5. The van der Waals surface area contributed by atoms with Crippen LogP contribution in [0.2, 0.25) is 0 Å². The number of carboxylic acids is 1. The van der Waals surface area contributed by atoms with Gasteiger partial charge in [0.2, 0.25) is 17.7 Å². The quantitative estimate of drug-likeness (QED) is 0.135. The van der Waals surface area contributed by atoms with Crippen molar-refractivity contribution in [1.82, 2.24) is 20.9 Å². The molecular formula is C27H42N6O6. The molecule has 0 aliphatic heterocycles. The molecule has 3 amide bonds. The Morgan fingerprint density at radius 3 is 2.26 bits per heavy atom. The first-order valence-corrected chi connectivity index (χ1v) is 13.3. The van der Waals surface area contributed by atoms with E-state index in [2.05, 4.69) is 20.9 Å². The molecule has 10 N–H and O–H groups in total. The Hall–Kier alpha value is -3.48. The number of nitrogens with two attached hydrogens (primary N) is 2. The van der Waals surface area contributed by atoms with Crippen molar-refractivity contribution in [2.24, 2.45) is 17.4 Å². The largest absolute Gasteiger partial charge is 0.480 e. The van der Waals surface area contributed by atoms with Crippen molar-refractivity contribution in [1.29, 1.82) is 0 Å². The van der Waals surface area contributed by atoms with Crippen LogP contribution < -0.4 is 27.4 Å². The Bertz CT molecular complexity index is 1120. The van der Waals surface area contributed by atoms with Crippen molar-refractivity contribution in [2.45, 2.75) is 83.1 Å². The van der Waals surface area contributed by atoms with E-state index in [-0.39, 0.29) is 18.8 Å². The van der Waals surface area contributed by atoms with Crippen LogP contribution in [0.25, 0.3) is 10.9 Å². The van der Waals surface area contributed by atoms with Crippen LogP contribution in [-0.2, 0) is 25.6 Å². The molecule has 6 unspecified atom stereocenters. The molecule has 12 nitrogen and oxygen atoms in total. The number of para-hydroxylation sites is 1. The highest BCUT2D eigenvalue weighted by Crippen LogP contribution is 2.19. The lowest BCUT2D eigenvalue weighted by molar-refractivity contribution is -0.142. The van der Waals surface area contributed by atoms with Crippen LogP contribution in [0.3, 0.4) is 0 Å². The average molecular weight is 547 g/mol. The summed E-state index contributed by atoms with van der Waals surface area (Å²) in [7, 11) is 0. The third-order valence-corrected chi connectivity index (χ3v) is 6.92. The number of aromatic amines is 1. The van der Waals surface area contributed by atoms with Crippen molar-refractivity contribution < 1.29 is 29.4 Å². The summed E-state index contributed by atoms with van der Waals surface area (Å²) in [6, 6.07) is 2.80. The number of unbranched alkanes of at least 4 members (excludes halogenated alkanes) is 1. The maximum atomic E-state index is 13.2. The van der Waals surface area contributed by atoms with Gasteiger partial charge in [0.15, 0.2) is 0 Å². The van der Waals surface area contributed by atoms with Gasteiger partial charge in [-0.2, -0.15) is 0 Å². The molecule has 0 aliphatic rings. The van der Waals surface area contributed by atoms with Gasteiger partial charge in [0.05, 0.1) is 12.1 Å². The Balaban J connectivity index is 2.17. The van der Waals surface area contributed by atoms with Gasteiger partial charge in [-0.15, -0.1) is 0 Å². The molecule has 0 spiro atoms. The highest BCUT2D eigenvalue weighted by molar-refractivity contribution is 5.94. The molecule has 2 rings (SSSR count). The third kappa shape index (κ3) is 9.05. The van der Waals surface area contributed by atoms with Crippen molar-refractivity contribution in [3.8, 4) is 0 Å². The van der Waals surface area contributed by atoms with Gasteiger partial charge in [0, 0.05) is 23.5 Å². The number of carbonyl (C=O) groups is 4. The minimum absolute atomic E-state index is 0.0222. The van der Waals surface area contributed by atoms with Crippen LogP contribution in [0.15, 0.2) is 30.5 Å². The van der Waals surface area contributed by atoms with Crippen molar-refractivity contribution in [3.05, 3.63) is 36.0 Å². The number of carbonyl (C=O) groups excluding carboxylic acids is 3. The second-order valence-electron chi connectivity index (χ2n) is 9.95. The van der Waals surface area contributed by atoms with Crippen LogP contribution in [0, 0.1) is 5.92 Å². The number of benzene rings is 1. The number of aliphatic carboxylic acids is 1. The van der Waals surface area contributed by atoms with E-state index in [0.717, 1.165) is 16.5 Å². The highest BCUT2D eigenvalue weighted by Gasteiger charge is 2.33. The molecule has 0 bridgehead atoms. The van der Waals surface area contributed by atoms with E-state index in [1.807, 2.05) is 31.2 Å². The van der Waals surface area contributed by atoms with Gasteiger partial charge in [0.25, 0.3) is 0 Å². The number of aliphatic hydroxyl groups is 1. The Morgan fingerprint density at radius 1 is 0.974 bits per heavy atom. The fourth-order valence-electron chi connectivity index (χ4n) is 4.18. The van der Waals surface area contributed by atoms with E-state index in [1.54, 1.807) is 13.1 Å². The molecule has 1 aromatic heterocycles. The highest BCUT2D eigenvalue weighted by atomic mass is 16.4. The van der Waals surface area contributed by atoms with E-state index < -0.39 is 54.0 Å². The molecule has 0 saturated carbocycles. The monoisotopic (exact) mass is 546 g/mol. The minimum Gasteiger partial charge on any atom is -0.480 e. The number of amides is 3. The molecule has 12 heteroatoms. The first kappa shape index (κ1) is 31.7. The number of hydrogen-bond donors (Lipinski definition) is 8. The zero-order valence-electron chi connectivity index (χ0n) is 22.8. The molecule has 0 saturated heterocycles. The van der Waals surface area contributed by atoms with Crippen LogP contribution >= 0.6 is 0 Å². The van der Waals surface area contributed by atoms with Gasteiger partial charge < -0.3 is 42.6 Å². The van der Waals surface area contributed by atoms with Crippen molar-refractivity contribution in [3.63, 3.8) is 0 Å². The number of aromatic nitrogens is 1. The molecule has 1 heterocycles. The average Bonchev–Trinajstić information content (AvgIpc) is 3.32. The Labute approximate surface area is 228 Å². The van der Waals surface area contributed by atoms with Gasteiger partial charge in [-0.05, 0) is 50.3 Å². The first-order valence-electron chi connectivity index (χ1n) is 13.3. The molecule has 1 aromatic carbocycles. The van der Waals surface area contributed by atoms with Crippen LogP contribution in [0.1, 0.15) is 52.0 Å². The third-order valence-electron chi connectivity index (χ3n) is 6.92. The summed E-state index contributed by atoms with van der Waals surface area (Å²) >= 11 is 0. The lowest BCUT2D eigenvalue weighted by Gasteiger charge is -2.27. The zero-order valence-corrected chi connectivity index (χ0v) is 22.8. The fraction of sp³-hybridized carbons (Fsp3) is 0.556. The van der Waals surface area contributed by atoms with E-state index in [4.69, 9.17) is 11.5 Å². The number of nitrogens with one attached hydrogen (secondary N) is 4. The summed E-state index contributed by atoms with van der Waals surface area (Å²) < 4.78 is 0. The smallest absolute Gasteiger partial charge is 0.326 e. The summed E-state index contributed by atoms with van der Waals surface area (Å²) in [6.07, 6.45) is 2.34. The molecule has 39 heavy (non-hydrogen) atoms. The SMILES string of the molecule is CCC(C)C(N)C(=O)NC(C(=O)NC(CCCCN)C(=O)NC(Cc1c[nH]c2ccccc12)C(=O)O)C(C)O. The van der Waals surface area contributed by atoms with Crippen LogP contribution in [0.4, 0.5) is 0 Å². The molecule has 0 fully saturated rings. The van der Waals surface area contributed by atoms with Gasteiger partial charge in [0.1, 0.15) is 18.1 Å². The summed E-state index contributed by atoms with van der Waals surface area (Å²) in [6.45, 7) is 5.39. The number of H-pyrrole nitrogens is 1. The van der Waals surface area contributed by atoms with E-state index >= 15 is 0 Å². The lowest BCUT2D eigenvalue weighted by Crippen LogP contribution is -2.60. The molecular weight excluding hydrogens is 504 g/mol. The van der Waals surface area contributed by atoms with Gasteiger partial charge in [-0.1, -0.05) is 38.5 Å². The maximum absolute atomic E-state index is 13.2. The molecule has 6 atom stereocenters. The van der Waals surface area contributed by atoms with E-state index in [0.29, 0.717) is 25.8 Å². The van der Waals surface area contributed by atoms with Crippen LogP contribution in [0.5, 0.6) is 0 Å². The topological polar surface area (TPSA) is 213 Å². The number of aliphatic hydroxyl groups excluding tert-OH is 1. The lowest BCUT2D eigenvalue weighted by atomic mass is 9.98. The second-order valence-corrected chi connectivity index (χ2v) is 9.95. The fourth-order valence-corrected chi connectivity index (χ4v) is 4.18. The number of carboxylic acid groups (broad SMARTS) is 1. The standard InChI is InChI=1S/C27H42N6O6/c1-4-15(2)22(29)25(36)33-23(16(3)34)26(37)31-20(11-7-8-12-28)24(35)32-21(27(38)39)13-17-14-30-19-10-6-5-9-18(17)19/h5-6,9-10,14-16,20-23,30,34H,4,7-8,11-13,28-29H2,1-3H3,(H,31,37)(H,32,35)(H,33,36)(H,38,39). The Kier molecular flexibility index (Phi) is 12.4. The molecule has 0 radical (unpaired) electrons. The predicted octanol–water partition coefficient (Wildman–Crippen LogP) is 0.133. The number of fused-ring (bicyclic) bond motifs is 1. The van der Waals surface area contributed by atoms with Crippen molar-refractivity contribution >= 4 is 34.6 Å². The van der Waals surface area contributed by atoms with E-state index in [1.165, 1.54) is 6.92 Å². The van der Waals surface area contributed by atoms with E-state index in [9.17, 15) is 29.4 Å². The summed E-state index contributed by atoms with van der Waals surface area (Å²) in [5.41, 5.74) is 13.1. The summed E-state index contributed by atoms with van der Waals surface area (Å²) in [5, 5.41) is 28.5. The minimum atomic E-state index is -1.36. The number of hydrogen-bond acceptors (Lipinski definition) is 7. The maximum Gasteiger partial charge on any atom is 0.326 e. The normalized spacial score (nSPS) is 15.9. The van der Waals surface area contributed by atoms with Gasteiger partial charge in [-0.25, -0.2) is 4.79 Å². The van der Waals surface area contributed by atoms with Crippen LogP contribution in [-0.4, -0.2) is 75.7 Å². The number of rotatable bonds is 16. The zero-order chi connectivity index (χ0) is 29.1. The summed E-state index contributed by atoms with van der Waals surface area (Å²) in [4.78, 5) is 54.0. The molecule has 216 valence electrons. The second kappa shape index (κ2) is 15.2. The van der Waals surface area contributed by atoms with Gasteiger partial charge in [-0.3, -0.25) is 14.4 Å². The molecule has 2 aromatic rings. The molecule has 0 aliphatic carbocycles. The van der Waals surface area contributed by atoms with Gasteiger partial charge >= 0.3 is 5.97 Å². The summed E-state index contributed by atoms with van der Waals surface area (Å²) in [5.74, 6) is -3.46. The Morgan fingerprint density at radius 2 is 1.64 bits per heavy atom. The predicted molar refractivity (Wildman–Crippen MR) is 147 cm³/mol.